The number of unbranched alkanes of at least 4 members (excludes halogenated alkanes) is 3. The summed E-state index contributed by atoms with van der Waals surface area (Å²) in [6.07, 6.45) is 5.04. The summed E-state index contributed by atoms with van der Waals surface area (Å²) in [7, 11) is 2.03. The number of nitrogens with zero attached hydrogens (tertiary/aromatic N) is 5. The second kappa shape index (κ2) is 12.5. The molecule has 0 radical (unpaired) electrons. The Labute approximate surface area is 240 Å². The third-order valence-electron chi connectivity index (χ3n) is 7.55. The maximum Gasteiger partial charge on any atom is 0.243 e. The fraction of sp³-hybridized carbons (Fsp3) is 0.519. The molecule has 3 aromatic rings. The lowest BCUT2D eigenvalue weighted by Gasteiger charge is -2.37. The van der Waals surface area contributed by atoms with Gasteiger partial charge in [0.15, 0.2) is 22.0 Å². The maximum absolute atomic E-state index is 15.6. The number of anilines is 2. The molecule has 0 unspecified atom stereocenters. The van der Waals surface area contributed by atoms with Crippen molar-refractivity contribution in [3.63, 3.8) is 0 Å². The number of amides is 2. The molecule has 14 heteroatoms. The van der Waals surface area contributed by atoms with Crippen LogP contribution in [0.4, 0.5) is 15.2 Å². The Morgan fingerprint density at radius 1 is 1.12 bits per heavy atom. The molecule has 41 heavy (non-hydrogen) atoms. The minimum absolute atomic E-state index is 0.0970. The van der Waals surface area contributed by atoms with E-state index in [-0.39, 0.29) is 46.3 Å². The Hall–Kier alpha value is -3.62. The summed E-state index contributed by atoms with van der Waals surface area (Å²) >= 11 is 1.09. The number of hydroxylamine groups is 1. The van der Waals surface area contributed by atoms with Gasteiger partial charge in [0.2, 0.25) is 16.9 Å². The highest BCUT2D eigenvalue weighted by Crippen LogP contribution is 2.42. The molecule has 4 heterocycles. The second-order valence-electron chi connectivity index (χ2n) is 10.6. The monoisotopic (exact) mass is 587 g/mol. The number of hydrogen-bond donors (Lipinski definition) is 3. The van der Waals surface area contributed by atoms with E-state index < -0.39 is 11.7 Å². The molecule has 220 valence electrons. The van der Waals surface area contributed by atoms with Gasteiger partial charge < -0.3 is 24.4 Å². The zero-order valence-electron chi connectivity index (χ0n) is 23.1. The van der Waals surface area contributed by atoms with Crippen LogP contribution in [0.5, 0.6) is 5.75 Å². The number of aromatic nitrogens is 3. The van der Waals surface area contributed by atoms with Crippen LogP contribution in [0.1, 0.15) is 51.5 Å². The molecule has 5 rings (SSSR count). The van der Waals surface area contributed by atoms with Crippen LogP contribution in [0, 0.1) is 5.82 Å². The van der Waals surface area contributed by atoms with Gasteiger partial charge in [-0.05, 0) is 32.9 Å². The number of carbonyl (C=O) groups excluding carboxylic acids is 2. The number of nitrogens with one attached hydrogen (secondary N) is 2. The van der Waals surface area contributed by atoms with E-state index in [1.807, 2.05) is 23.4 Å². The molecule has 2 aliphatic heterocycles. The topological polar surface area (TPSA) is 142 Å². The summed E-state index contributed by atoms with van der Waals surface area (Å²) < 4.78 is 23.6. The number of ether oxygens (including phenoxy) is 1. The van der Waals surface area contributed by atoms with Crippen molar-refractivity contribution in [3.8, 4) is 16.3 Å². The van der Waals surface area contributed by atoms with Crippen molar-refractivity contribution in [2.24, 2.45) is 0 Å². The van der Waals surface area contributed by atoms with Gasteiger partial charge in [0.25, 0.3) is 0 Å². The maximum atomic E-state index is 15.6. The Morgan fingerprint density at radius 3 is 2.54 bits per heavy atom. The summed E-state index contributed by atoms with van der Waals surface area (Å²) in [6, 6.07) is 1.20. The first-order valence-corrected chi connectivity index (χ1v) is 14.6. The molecule has 0 saturated carbocycles. The van der Waals surface area contributed by atoms with Gasteiger partial charge >= 0.3 is 0 Å². The number of halogens is 1. The number of carbonyl (C=O) groups is 2. The van der Waals surface area contributed by atoms with E-state index in [4.69, 9.17) is 9.94 Å². The molecule has 0 bridgehead atoms. The van der Waals surface area contributed by atoms with E-state index in [2.05, 4.69) is 20.4 Å². The molecule has 1 atom stereocenters. The van der Waals surface area contributed by atoms with Gasteiger partial charge in [0, 0.05) is 45.2 Å². The lowest BCUT2D eigenvalue weighted by molar-refractivity contribution is -0.129. The summed E-state index contributed by atoms with van der Waals surface area (Å²) in [5, 5.41) is 20.3. The van der Waals surface area contributed by atoms with Crippen molar-refractivity contribution in [3.05, 3.63) is 28.3 Å². The van der Waals surface area contributed by atoms with Crippen molar-refractivity contribution in [2.75, 3.05) is 50.1 Å². The fourth-order valence-electron chi connectivity index (χ4n) is 5.23. The van der Waals surface area contributed by atoms with Gasteiger partial charge in [-0.2, -0.15) is 0 Å². The number of rotatable bonds is 10. The summed E-state index contributed by atoms with van der Waals surface area (Å²) in [4.78, 5) is 41.2. The Bertz CT molecular complexity index is 1500. The van der Waals surface area contributed by atoms with Crippen molar-refractivity contribution in [2.45, 2.75) is 51.5 Å². The Balaban J connectivity index is 1.34. The predicted octanol–water partition coefficient (Wildman–Crippen LogP) is 3.15. The predicted molar refractivity (Wildman–Crippen MR) is 153 cm³/mol. The molecule has 1 aromatic carbocycles. The van der Waals surface area contributed by atoms with Gasteiger partial charge in [-0.25, -0.2) is 9.87 Å². The van der Waals surface area contributed by atoms with Crippen LogP contribution >= 0.6 is 11.3 Å². The number of pyridine rings is 1. The highest BCUT2D eigenvalue weighted by molar-refractivity contribution is 7.18. The molecular formula is C27H34FN7O5S. The van der Waals surface area contributed by atoms with Crippen molar-refractivity contribution >= 4 is 44.9 Å². The van der Waals surface area contributed by atoms with E-state index in [0.717, 1.165) is 37.3 Å². The highest BCUT2D eigenvalue weighted by atomic mass is 32.1. The van der Waals surface area contributed by atoms with E-state index in [0.29, 0.717) is 54.5 Å². The molecule has 3 N–H and O–H groups in total. The quantitative estimate of drug-likeness (QED) is 0.185. The molecular weight excluding hydrogens is 553 g/mol. The largest absolute Gasteiger partial charge is 0.487 e. The molecule has 0 aliphatic carbocycles. The minimum Gasteiger partial charge on any atom is -0.487 e. The normalized spacial score (nSPS) is 17.0. The van der Waals surface area contributed by atoms with Crippen molar-refractivity contribution < 1.29 is 23.9 Å². The summed E-state index contributed by atoms with van der Waals surface area (Å²) in [5.41, 5.74) is 2.48. The third-order valence-corrected chi connectivity index (χ3v) is 8.42. The highest BCUT2D eigenvalue weighted by Gasteiger charge is 2.31. The number of benzene rings is 1. The number of hydrogen-bond acceptors (Lipinski definition) is 10. The first-order chi connectivity index (χ1) is 19.8. The van der Waals surface area contributed by atoms with Crippen molar-refractivity contribution in [1.82, 2.24) is 25.1 Å². The SMILES string of the molecule is C[C@H]1COc2c(N3CCN(C)CC3)c(F)cc3c(=O)c(-c4nnc(NC(=O)CCCCCCC(=O)NO)s4)cn1c23. The molecule has 2 aliphatic rings. The zero-order chi connectivity index (χ0) is 29.1. The van der Waals surface area contributed by atoms with Gasteiger partial charge in [-0.15, -0.1) is 10.2 Å². The first-order valence-electron chi connectivity index (χ1n) is 13.8. The van der Waals surface area contributed by atoms with Crippen LogP contribution in [-0.4, -0.2) is 76.5 Å². The smallest absolute Gasteiger partial charge is 0.243 e. The van der Waals surface area contributed by atoms with Gasteiger partial charge in [0.1, 0.15) is 12.3 Å². The minimum atomic E-state index is -0.491. The summed E-state index contributed by atoms with van der Waals surface area (Å²) in [6.45, 7) is 5.25. The molecule has 12 nitrogen and oxygen atoms in total. The fourth-order valence-corrected chi connectivity index (χ4v) is 6.00. The van der Waals surface area contributed by atoms with Crippen LogP contribution in [0.25, 0.3) is 21.5 Å². The van der Waals surface area contributed by atoms with E-state index >= 15 is 4.39 Å². The van der Waals surface area contributed by atoms with E-state index in [9.17, 15) is 14.4 Å². The first kappa shape index (κ1) is 28.9. The average molecular weight is 588 g/mol. The number of likely N-dealkylation sites (N-methyl/N-ethyl adjacent to an activating group) is 1. The lowest BCUT2D eigenvalue weighted by Crippen LogP contribution is -2.45. The van der Waals surface area contributed by atoms with Crippen LogP contribution in [0.15, 0.2) is 17.1 Å². The lowest BCUT2D eigenvalue weighted by atomic mass is 10.1. The van der Waals surface area contributed by atoms with E-state index in [1.54, 1.807) is 11.7 Å². The third kappa shape index (κ3) is 6.19. The molecule has 2 aromatic heterocycles. The molecule has 0 spiro atoms. The molecule has 1 fully saturated rings. The number of piperazine rings is 1. The van der Waals surface area contributed by atoms with Gasteiger partial charge in [-0.1, -0.05) is 24.2 Å². The summed E-state index contributed by atoms with van der Waals surface area (Å²) in [5.74, 6) is -0.739. The van der Waals surface area contributed by atoms with Crippen LogP contribution < -0.4 is 25.9 Å². The van der Waals surface area contributed by atoms with Gasteiger partial charge in [-0.3, -0.25) is 19.6 Å². The average Bonchev–Trinajstić information content (AvgIpc) is 3.42. The van der Waals surface area contributed by atoms with Crippen LogP contribution in [0.3, 0.4) is 0 Å². The standard InChI is InChI=1S/C27H34FN7O5S/c1-16-15-40-25-22-17(13-19(28)23(25)34-11-9-33(2)10-12-34)24(38)18(14-35(16)22)26-30-31-27(41-26)29-20(36)7-5-3-4-6-8-21(37)32-39/h13-14,16,39H,3-12,15H2,1-2H3,(H,32,37)(H,29,31,36)/t16-/m0/s1. The molecule has 1 saturated heterocycles. The second-order valence-corrected chi connectivity index (χ2v) is 11.5. The van der Waals surface area contributed by atoms with Crippen molar-refractivity contribution in [1.29, 1.82) is 0 Å². The van der Waals surface area contributed by atoms with E-state index in [1.165, 1.54) is 6.07 Å². The zero-order valence-corrected chi connectivity index (χ0v) is 23.9. The molecule has 2 amide bonds. The Kier molecular flexibility index (Phi) is 8.80. The Morgan fingerprint density at radius 2 is 1.83 bits per heavy atom. The van der Waals surface area contributed by atoms with Crippen LogP contribution in [0.2, 0.25) is 0 Å². The van der Waals surface area contributed by atoms with Crippen LogP contribution in [-0.2, 0) is 9.59 Å². The van der Waals surface area contributed by atoms with Gasteiger partial charge in [0.05, 0.1) is 22.5 Å².